The van der Waals surface area contributed by atoms with Crippen molar-refractivity contribution in [3.8, 4) is 11.3 Å². The van der Waals surface area contributed by atoms with Gasteiger partial charge in [-0.1, -0.05) is 74.6 Å². The Bertz CT molecular complexity index is 1050. The van der Waals surface area contributed by atoms with E-state index in [2.05, 4.69) is 69.7 Å². The molecule has 5 heteroatoms. The lowest BCUT2D eigenvalue weighted by molar-refractivity contribution is -0.131. The number of carbonyl (C=O) groups excluding carboxylic acids is 1. The third kappa shape index (κ3) is 4.62. The minimum atomic E-state index is 0.326. The molecule has 1 saturated heterocycles. The minimum absolute atomic E-state index is 0.326. The van der Waals surface area contributed by atoms with E-state index in [0.29, 0.717) is 12.3 Å². The van der Waals surface area contributed by atoms with Crippen molar-refractivity contribution >= 4 is 22.5 Å². The first-order chi connectivity index (χ1) is 15.8. The van der Waals surface area contributed by atoms with Crippen LogP contribution >= 0.6 is 0 Å². The molecule has 1 aliphatic heterocycles. The fourth-order valence-electron chi connectivity index (χ4n) is 5.23. The van der Waals surface area contributed by atoms with Gasteiger partial charge in [0.15, 0.2) is 5.82 Å². The van der Waals surface area contributed by atoms with Crippen LogP contribution < -0.4 is 4.90 Å². The first-order valence-electron chi connectivity index (χ1n) is 12.1. The fraction of sp³-hybridized carbons (Fsp3) is 0.444. The molecule has 0 spiro atoms. The number of rotatable bonds is 5. The Labute approximate surface area is 190 Å². The standard InChI is InChI=1S/C27H32N4O/c32-27(16-13-21-7-2-1-3-8-21)31-19-17-30(18-20-31)26-15-14-25(28-29-26)24-12-6-10-22-9-4-5-11-23(22)24/h4-6,9-12,14-15,21H,1-3,7-8,13,16-20H2. The number of nitrogens with zero attached hydrogens (tertiary/aromatic N) is 4. The number of anilines is 1. The molecule has 0 unspecified atom stereocenters. The van der Waals surface area contributed by atoms with Crippen molar-refractivity contribution in [2.75, 3.05) is 31.1 Å². The van der Waals surface area contributed by atoms with E-state index in [1.165, 1.54) is 42.9 Å². The number of aromatic nitrogens is 2. The molecule has 3 aromatic rings. The van der Waals surface area contributed by atoms with Crippen molar-refractivity contribution in [2.24, 2.45) is 5.92 Å². The zero-order chi connectivity index (χ0) is 21.8. The van der Waals surface area contributed by atoms with Crippen LogP contribution in [-0.2, 0) is 4.79 Å². The van der Waals surface area contributed by atoms with Gasteiger partial charge in [-0.05, 0) is 35.2 Å². The van der Waals surface area contributed by atoms with Crippen molar-refractivity contribution in [1.82, 2.24) is 15.1 Å². The van der Waals surface area contributed by atoms with Crippen LogP contribution in [0.4, 0.5) is 5.82 Å². The monoisotopic (exact) mass is 428 g/mol. The molecular weight excluding hydrogens is 396 g/mol. The van der Waals surface area contributed by atoms with Crippen molar-refractivity contribution in [2.45, 2.75) is 44.9 Å². The van der Waals surface area contributed by atoms with Crippen molar-refractivity contribution in [3.05, 3.63) is 54.6 Å². The lowest BCUT2D eigenvalue weighted by Gasteiger charge is -2.35. The SMILES string of the molecule is O=C(CCC1CCCCC1)N1CCN(c2ccc(-c3cccc4ccccc34)nn2)CC1. The predicted molar refractivity (Wildman–Crippen MR) is 130 cm³/mol. The molecule has 0 bridgehead atoms. The highest BCUT2D eigenvalue weighted by atomic mass is 16.2. The van der Waals surface area contributed by atoms with E-state index in [4.69, 9.17) is 0 Å². The Morgan fingerprint density at radius 3 is 2.41 bits per heavy atom. The molecule has 0 N–H and O–H groups in total. The highest BCUT2D eigenvalue weighted by molar-refractivity contribution is 5.95. The number of fused-ring (bicyclic) bond motifs is 1. The Kier molecular flexibility index (Phi) is 6.33. The van der Waals surface area contributed by atoms with Gasteiger partial charge in [-0.3, -0.25) is 4.79 Å². The van der Waals surface area contributed by atoms with E-state index in [0.717, 1.165) is 55.6 Å². The van der Waals surface area contributed by atoms with E-state index in [1.807, 2.05) is 4.90 Å². The zero-order valence-corrected chi connectivity index (χ0v) is 18.7. The number of carbonyl (C=O) groups is 1. The minimum Gasteiger partial charge on any atom is -0.352 e. The Morgan fingerprint density at radius 2 is 1.62 bits per heavy atom. The van der Waals surface area contributed by atoms with Gasteiger partial charge in [0.25, 0.3) is 0 Å². The maximum atomic E-state index is 12.7. The Morgan fingerprint density at radius 1 is 0.844 bits per heavy atom. The molecule has 2 aliphatic rings. The summed E-state index contributed by atoms with van der Waals surface area (Å²) in [5.74, 6) is 1.99. The molecule has 32 heavy (non-hydrogen) atoms. The van der Waals surface area contributed by atoms with Crippen LogP contribution in [0.2, 0.25) is 0 Å². The van der Waals surface area contributed by atoms with Gasteiger partial charge in [-0.2, -0.15) is 0 Å². The summed E-state index contributed by atoms with van der Waals surface area (Å²) in [6.45, 7) is 3.18. The van der Waals surface area contributed by atoms with E-state index < -0.39 is 0 Å². The van der Waals surface area contributed by atoms with E-state index in [9.17, 15) is 4.79 Å². The third-order valence-corrected chi connectivity index (χ3v) is 7.16. The summed E-state index contributed by atoms with van der Waals surface area (Å²) in [6.07, 6.45) is 8.47. The zero-order valence-electron chi connectivity index (χ0n) is 18.7. The maximum Gasteiger partial charge on any atom is 0.222 e. The molecule has 0 radical (unpaired) electrons. The van der Waals surface area contributed by atoms with Crippen LogP contribution in [0.3, 0.4) is 0 Å². The summed E-state index contributed by atoms with van der Waals surface area (Å²) >= 11 is 0. The molecule has 1 aromatic heterocycles. The van der Waals surface area contributed by atoms with Crippen LogP contribution in [0.15, 0.2) is 54.6 Å². The first kappa shape index (κ1) is 20.9. The third-order valence-electron chi connectivity index (χ3n) is 7.16. The van der Waals surface area contributed by atoms with E-state index in [1.54, 1.807) is 0 Å². The van der Waals surface area contributed by atoms with Gasteiger partial charge in [0.05, 0.1) is 5.69 Å². The summed E-state index contributed by atoms with van der Waals surface area (Å²) in [5, 5.41) is 11.5. The van der Waals surface area contributed by atoms with Gasteiger partial charge in [0, 0.05) is 38.2 Å². The highest BCUT2D eigenvalue weighted by Gasteiger charge is 2.23. The molecule has 5 nitrogen and oxygen atoms in total. The Hall–Kier alpha value is -2.95. The van der Waals surface area contributed by atoms with Crippen LogP contribution in [0, 0.1) is 5.92 Å². The number of hydrogen-bond donors (Lipinski definition) is 0. The molecule has 5 rings (SSSR count). The largest absolute Gasteiger partial charge is 0.352 e. The summed E-state index contributed by atoms with van der Waals surface area (Å²) < 4.78 is 0. The number of amides is 1. The second-order valence-electron chi connectivity index (χ2n) is 9.21. The summed E-state index contributed by atoms with van der Waals surface area (Å²) in [7, 11) is 0. The second-order valence-corrected chi connectivity index (χ2v) is 9.21. The maximum absolute atomic E-state index is 12.7. The smallest absolute Gasteiger partial charge is 0.222 e. The lowest BCUT2D eigenvalue weighted by Crippen LogP contribution is -2.49. The van der Waals surface area contributed by atoms with Gasteiger partial charge in [-0.25, -0.2) is 0 Å². The lowest BCUT2D eigenvalue weighted by atomic mass is 9.86. The van der Waals surface area contributed by atoms with Crippen molar-refractivity contribution in [1.29, 1.82) is 0 Å². The molecule has 1 aliphatic carbocycles. The molecular formula is C27H32N4O. The van der Waals surface area contributed by atoms with Crippen molar-refractivity contribution < 1.29 is 4.79 Å². The van der Waals surface area contributed by atoms with Gasteiger partial charge < -0.3 is 9.80 Å². The average Bonchev–Trinajstić information content (AvgIpc) is 2.88. The van der Waals surface area contributed by atoms with Crippen LogP contribution in [0.25, 0.3) is 22.0 Å². The topological polar surface area (TPSA) is 49.3 Å². The second kappa shape index (κ2) is 9.68. The normalized spacial score (nSPS) is 17.6. The highest BCUT2D eigenvalue weighted by Crippen LogP contribution is 2.29. The summed E-state index contributed by atoms with van der Waals surface area (Å²) in [4.78, 5) is 17.0. The molecule has 166 valence electrons. The summed E-state index contributed by atoms with van der Waals surface area (Å²) in [6, 6.07) is 18.8. The van der Waals surface area contributed by atoms with Crippen LogP contribution in [0.5, 0.6) is 0 Å². The van der Waals surface area contributed by atoms with Gasteiger partial charge in [0.1, 0.15) is 0 Å². The van der Waals surface area contributed by atoms with E-state index >= 15 is 0 Å². The number of hydrogen-bond acceptors (Lipinski definition) is 4. The summed E-state index contributed by atoms with van der Waals surface area (Å²) in [5.41, 5.74) is 2.00. The fourth-order valence-corrected chi connectivity index (χ4v) is 5.23. The first-order valence-corrected chi connectivity index (χ1v) is 12.1. The van der Waals surface area contributed by atoms with Gasteiger partial charge in [0.2, 0.25) is 5.91 Å². The Balaban J connectivity index is 1.17. The van der Waals surface area contributed by atoms with E-state index in [-0.39, 0.29) is 0 Å². The van der Waals surface area contributed by atoms with Gasteiger partial charge >= 0.3 is 0 Å². The number of piperazine rings is 1. The van der Waals surface area contributed by atoms with Gasteiger partial charge in [-0.15, -0.1) is 10.2 Å². The molecule has 2 fully saturated rings. The predicted octanol–water partition coefficient (Wildman–Crippen LogP) is 5.31. The molecule has 1 saturated carbocycles. The van der Waals surface area contributed by atoms with Crippen LogP contribution in [-0.4, -0.2) is 47.2 Å². The molecule has 1 amide bonds. The molecule has 2 aromatic carbocycles. The van der Waals surface area contributed by atoms with Crippen LogP contribution in [0.1, 0.15) is 44.9 Å². The molecule has 2 heterocycles. The number of benzene rings is 2. The average molecular weight is 429 g/mol. The molecule has 0 atom stereocenters. The quantitative estimate of drug-likeness (QED) is 0.553. The van der Waals surface area contributed by atoms with Crippen molar-refractivity contribution in [3.63, 3.8) is 0 Å².